The van der Waals surface area contributed by atoms with E-state index in [1.165, 1.54) is 18.4 Å². The lowest BCUT2D eigenvalue weighted by Crippen LogP contribution is -2.42. The lowest BCUT2D eigenvalue weighted by atomic mass is 9.95. The Morgan fingerprint density at radius 3 is 3.09 bits per heavy atom. The van der Waals surface area contributed by atoms with Crippen molar-refractivity contribution in [2.45, 2.75) is 38.0 Å². The summed E-state index contributed by atoms with van der Waals surface area (Å²) in [5.41, 5.74) is 1.51. The van der Waals surface area contributed by atoms with Gasteiger partial charge in [0.1, 0.15) is 12.4 Å². The second-order valence-corrected chi connectivity index (χ2v) is 7.58. The van der Waals surface area contributed by atoms with Crippen molar-refractivity contribution in [3.05, 3.63) is 46.0 Å². The Kier molecular flexibility index (Phi) is 4.53. The van der Waals surface area contributed by atoms with Crippen molar-refractivity contribution in [3.63, 3.8) is 0 Å². The van der Waals surface area contributed by atoms with Crippen molar-refractivity contribution in [1.82, 2.24) is 4.90 Å². The fourth-order valence-corrected chi connectivity index (χ4v) is 4.49. The minimum Gasteiger partial charge on any atom is -0.467 e. The molecule has 23 heavy (non-hydrogen) atoms. The van der Waals surface area contributed by atoms with Crippen molar-refractivity contribution in [2.24, 2.45) is 5.92 Å². The van der Waals surface area contributed by atoms with Crippen LogP contribution in [0.15, 0.2) is 34.3 Å². The van der Waals surface area contributed by atoms with E-state index in [1.807, 2.05) is 23.5 Å². The molecule has 0 amide bonds. The lowest BCUT2D eigenvalue weighted by Gasteiger charge is -2.37. The second kappa shape index (κ2) is 6.77. The smallest absolute Gasteiger partial charge is 0.129 e. The molecule has 2 aliphatic rings. The molecule has 0 spiro atoms. The van der Waals surface area contributed by atoms with Gasteiger partial charge < -0.3 is 14.3 Å². The summed E-state index contributed by atoms with van der Waals surface area (Å²) in [5, 5.41) is 12.6. The van der Waals surface area contributed by atoms with E-state index in [0.29, 0.717) is 25.8 Å². The van der Waals surface area contributed by atoms with Gasteiger partial charge in [0.2, 0.25) is 0 Å². The third-order valence-electron chi connectivity index (χ3n) is 4.77. The SMILES string of the molecule is O[C@H](COCc1ccco1)CN1CCc2sccc2[C@@H]1C1CC1. The van der Waals surface area contributed by atoms with E-state index in [0.717, 1.165) is 24.6 Å². The highest BCUT2D eigenvalue weighted by Crippen LogP contribution is 2.48. The summed E-state index contributed by atoms with van der Waals surface area (Å²) < 4.78 is 10.8. The van der Waals surface area contributed by atoms with Gasteiger partial charge in [0.15, 0.2) is 0 Å². The molecule has 0 bridgehead atoms. The lowest BCUT2D eigenvalue weighted by molar-refractivity contribution is -0.00546. The molecule has 1 aliphatic carbocycles. The van der Waals surface area contributed by atoms with Crippen LogP contribution in [-0.4, -0.2) is 35.8 Å². The highest BCUT2D eigenvalue weighted by Gasteiger charge is 2.40. The fraction of sp³-hybridized carbons (Fsp3) is 0.556. The van der Waals surface area contributed by atoms with E-state index in [1.54, 1.807) is 11.1 Å². The minimum absolute atomic E-state index is 0.352. The van der Waals surface area contributed by atoms with Gasteiger partial charge >= 0.3 is 0 Å². The molecular formula is C18H23NO3S. The molecular weight excluding hydrogens is 310 g/mol. The van der Waals surface area contributed by atoms with Crippen LogP contribution in [0.1, 0.15) is 35.1 Å². The normalized spacial score (nSPS) is 22.9. The Morgan fingerprint density at radius 1 is 1.39 bits per heavy atom. The number of fused-ring (bicyclic) bond motifs is 1. The Bertz CT molecular complexity index is 620. The number of ether oxygens (including phenoxy) is 1. The first-order chi connectivity index (χ1) is 11.3. The first-order valence-electron chi connectivity index (χ1n) is 8.40. The molecule has 4 rings (SSSR count). The number of aliphatic hydroxyl groups excluding tert-OH is 1. The van der Waals surface area contributed by atoms with E-state index in [-0.39, 0.29) is 0 Å². The summed E-state index contributed by atoms with van der Waals surface area (Å²) in [7, 11) is 0. The summed E-state index contributed by atoms with van der Waals surface area (Å²) >= 11 is 1.88. The van der Waals surface area contributed by atoms with Crippen molar-refractivity contribution < 1.29 is 14.3 Å². The first-order valence-corrected chi connectivity index (χ1v) is 9.27. The maximum atomic E-state index is 10.4. The molecule has 0 unspecified atom stereocenters. The Labute approximate surface area is 140 Å². The van der Waals surface area contributed by atoms with Crippen LogP contribution in [0.25, 0.3) is 0 Å². The Morgan fingerprint density at radius 2 is 2.30 bits per heavy atom. The molecule has 2 aromatic rings. The standard InChI is InChI=1S/C18H23NO3S/c20-14(11-21-12-15-2-1-8-22-15)10-19-7-5-17-16(6-9-23-17)18(19)13-3-4-13/h1-2,6,8-9,13-14,18,20H,3-5,7,10-12H2/t14-,18-/m0/s1. The molecule has 4 nitrogen and oxygen atoms in total. The van der Waals surface area contributed by atoms with Crippen LogP contribution in [0.2, 0.25) is 0 Å². The molecule has 3 heterocycles. The van der Waals surface area contributed by atoms with Gasteiger partial charge in [0, 0.05) is 24.0 Å². The molecule has 1 fully saturated rings. The van der Waals surface area contributed by atoms with Crippen LogP contribution in [0.4, 0.5) is 0 Å². The van der Waals surface area contributed by atoms with Gasteiger partial charge in [-0.05, 0) is 54.3 Å². The summed E-state index contributed by atoms with van der Waals surface area (Å²) in [5.74, 6) is 1.58. The predicted octanol–water partition coefficient (Wildman–Crippen LogP) is 3.23. The molecule has 1 aliphatic heterocycles. The maximum absolute atomic E-state index is 10.4. The maximum Gasteiger partial charge on any atom is 0.129 e. The molecule has 0 aromatic carbocycles. The van der Waals surface area contributed by atoms with Gasteiger partial charge in [-0.3, -0.25) is 4.90 Å². The Balaban J connectivity index is 1.32. The molecule has 0 radical (unpaired) electrons. The number of aliphatic hydroxyl groups is 1. The zero-order chi connectivity index (χ0) is 15.6. The highest BCUT2D eigenvalue weighted by atomic mass is 32.1. The summed E-state index contributed by atoms with van der Waals surface area (Å²) in [4.78, 5) is 4.01. The Hall–Kier alpha value is -1.14. The van der Waals surface area contributed by atoms with E-state index >= 15 is 0 Å². The molecule has 1 N–H and O–H groups in total. The van der Waals surface area contributed by atoms with Crippen LogP contribution in [-0.2, 0) is 17.8 Å². The quantitative estimate of drug-likeness (QED) is 0.845. The van der Waals surface area contributed by atoms with E-state index in [2.05, 4.69) is 16.3 Å². The van der Waals surface area contributed by atoms with Gasteiger partial charge in [0.25, 0.3) is 0 Å². The summed E-state index contributed by atoms with van der Waals surface area (Å²) in [6, 6.07) is 6.53. The van der Waals surface area contributed by atoms with Crippen LogP contribution in [0.3, 0.4) is 0 Å². The van der Waals surface area contributed by atoms with Crippen molar-refractivity contribution >= 4 is 11.3 Å². The van der Waals surface area contributed by atoms with Crippen molar-refractivity contribution in [3.8, 4) is 0 Å². The van der Waals surface area contributed by atoms with Gasteiger partial charge in [0.05, 0.1) is 19.0 Å². The number of hydrogen-bond donors (Lipinski definition) is 1. The molecule has 2 aromatic heterocycles. The zero-order valence-corrected chi connectivity index (χ0v) is 14.0. The van der Waals surface area contributed by atoms with E-state index in [4.69, 9.17) is 9.15 Å². The number of nitrogens with zero attached hydrogens (tertiary/aromatic N) is 1. The van der Waals surface area contributed by atoms with Crippen molar-refractivity contribution in [2.75, 3.05) is 19.7 Å². The number of rotatable bonds is 7. The summed E-state index contributed by atoms with van der Waals surface area (Å²) in [6.45, 7) is 2.51. The van der Waals surface area contributed by atoms with Crippen LogP contribution >= 0.6 is 11.3 Å². The van der Waals surface area contributed by atoms with Crippen LogP contribution in [0, 0.1) is 5.92 Å². The number of hydrogen-bond acceptors (Lipinski definition) is 5. The molecule has 1 saturated carbocycles. The predicted molar refractivity (Wildman–Crippen MR) is 89.4 cm³/mol. The summed E-state index contributed by atoms with van der Waals surface area (Å²) in [6.07, 6.45) is 4.94. The highest BCUT2D eigenvalue weighted by molar-refractivity contribution is 7.10. The monoisotopic (exact) mass is 333 g/mol. The molecule has 5 heteroatoms. The van der Waals surface area contributed by atoms with E-state index < -0.39 is 6.10 Å². The fourth-order valence-electron chi connectivity index (χ4n) is 3.58. The van der Waals surface area contributed by atoms with Gasteiger partial charge in [-0.1, -0.05) is 0 Å². The van der Waals surface area contributed by atoms with Gasteiger partial charge in [-0.25, -0.2) is 0 Å². The third-order valence-corrected chi connectivity index (χ3v) is 5.76. The molecule has 2 atom stereocenters. The topological polar surface area (TPSA) is 45.8 Å². The van der Waals surface area contributed by atoms with Crippen LogP contribution < -0.4 is 0 Å². The number of furan rings is 1. The third kappa shape index (κ3) is 3.53. The first kappa shape index (κ1) is 15.4. The van der Waals surface area contributed by atoms with E-state index in [9.17, 15) is 5.11 Å². The van der Waals surface area contributed by atoms with Crippen LogP contribution in [0.5, 0.6) is 0 Å². The second-order valence-electron chi connectivity index (χ2n) is 6.57. The van der Waals surface area contributed by atoms with Crippen molar-refractivity contribution in [1.29, 1.82) is 0 Å². The largest absolute Gasteiger partial charge is 0.467 e. The average molecular weight is 333 g/mol. The average Bonchev–Trinajstić information content (AvgIpc) is 3.05. The minimum atomic E-state index is -0.452. The van der Waals surface area contributed by atoms with Gasteiger partial charge in [-0.2, -0.15) is 0 Å². The van der Waals surface area contributed by atoms with Gasteiger partial charge in [-0.15, -0.1) is 11.3 Å². The number of thiophene rings is 1. The molecule has 124 valence electrons. The molecule has 0 saturated heterocycles. The zero-order valence-electron chi connectivity index (χ0n) is 13.2. The number of β-amino-alcohol motifs (C(OH)–C–C–N with tert-alkyl or cyclic N) is 1.